The van der Waals surface area contributed by atoms with Crippen LogP contribution in [0, 0.1) is 12.8 Å². The van der Waals surface area contributed by atoms with E-state index in [2.05, 4.69) is 10.0 Å². The zero-order valence-corrected chi connectivity index (χ0v) is 16.5. The van der Waals surface area contributed by atoms with Crippen molar-refractivity contribution in [1.82, 2.24) is 4.72 Å². The van der Waals surface area contributed by atoms with Crippen LogP contribution in [0.25, 0.3) is 0 Å². The molecule has 2 aromatic carbocycles. The summed E-state index contributed by atoms with van der Waals surface area (Å²) in [5.41, 5.74) is 2.42. The molecular formula is C20H24N2O4S. The van der Waals surface area contributed by atoms with Crippen molar-refractivity contribution in [2.75, 3.05) is 12.4 Å². The van der Waals surface area contributed by atoms with Gasteiger partial charge in [0.25, 0.3) is 0 Å². The molecule has 27 heavy (non-hydrogen) atoms. The van der Waals surface area contributed by atoms with E-state index in [1.54, 1.807) is 0 Å². The van der Waals surface area contributed by atoms with Crippen molar-refractivity contribution < 1.29 is 17.9 Å². The average Bonchev–Trinajstić information content (AvgIpc) is 3.45. The topological polar surface area (TPSA) is 84.5 Å². The normalized spacial score (nSPS) is 15.2. The van der Waals surface area contributed by atoms with Gasteiger partial charge in [-0.1, -0.05) is 29.8 Å². The molecule has 0 unspecified atom stereocenters. The number of carbonyl (C=O) groups excluding carboxylic acids is 1. The number of nitrogens with one attached hydrogen (secondary N) is 2. The minimum Gasteiger partial charge on any atom is -0.495 e. The van der Waals surface area contributed by atoms with Gasteiger partial charge >= 0.3 is 0 Å². The molecule has 1 saturated carbocycles. The van der Waals surface area contributed by atoms with Gasteiger partial charge in [-0.3, -0.25) is 4.79 Å². The Morgan fingerprint density at radius 3 is 2.37 bits per heavy atom. The Hall–Kier alpha value is -2.38. The monoisotopic (exact) mass is 388 g/mol. The molecule has 7 heteroatoms. The fourth-order valence-electron chi connectivity index (χ4n) is 3.02. The number of anilines is 1. The third-order valence-corrected chi connectivity index (χ3v) is 6.04. The van der Waals surface area contributed by atoms with Gasteiger partial charge in [0.15, 0.2) is 0 Å². The lowest BCUT2D eigenvalue weighted by Gasteiger charge is -2.20. The first kappa shape index (κ1) is 19.4. The smallest absolute Gasteiger partial charge is 0.241 e. The zero-order valence-electron chi connectivity index (χ0n) is 15.7. The van der Waals surface area contributed by atoms with Gasteiger partial charge in [-0.25, -0.2) is 13.1 Å². The molecule has 1 atom stereocenters. The maximum absolute atomic E-state index is 13.0. The maximum Gasteiger partial charge on any atom is 0.241 e. The average molecular weight is 388 g/mol. The summed E-state index contributed by atoms with van der Waals surface area (Å²) in [6.45, 7) is 3.36. The molecule has 6 nitrogen and oxygen atoms in total. The number of hydrogen-bond donors (Lipinski definition) is 2. The highest BCUT2D eigenvalue weighted by Gasteiger charge is 2.35. The molecule has 0 saturated heterocycles. The molecule has 144 valence electrons. The van der Waals surface area contributed by atoms with E-state index in [-0.39, 0.29) is 16.8 Å². The lowest BCUT2D eigenvalue weighted by Crippen LogP contribution is -2.30. The van der Waals surface area contributed by atoms with Crippen LogP contribution in [0.4, 0.5) is 5.69 Å². The van der Waals surface area contributed by atoms with E-state index >= 15 is 0 Å². The van der Waals surface area contributed by atoms with Gasteiger partial charge in [0.1, 0.15) is 5.75 Å². The molecule has 0 aliphatic heterocycles. The van der Waals surface area contributed by atoms with E-state index in [4.69, 9.17) is 4.74 Å². The third kappa shape index (κ3) is 4.67. The summed E-state index contributed by atoms with van der Waals surface area (Å²) in [5.74, 6) is 0.406. The summed E-state index contributed by atoms with van der Waals surface area (Å²) in [7, 11) is -2.30. The molecule has 3 rings (SSSR count). The number of carbonyl (C=O) groups is 1. The van der Waals surface area contributed by atoms with Crippen LogP contribution in [0.3, 0.4) is 0 Å². The Morgan fingerprint density at radius 1 is 1.15 bits per heavy atom. The van der Waals surface area contributed by atoms with Crippen LogP contribution in [0.2, 0.25) is 0 Å². The van der Waals surface area contributed by atoms with Crippen LogP contribution in [-0.4, -0.2) is 21.4 Å². The third-order valence-electron chi connectivity index (χ3n) is 4.60. The number of hydrogen-bond acceptors (Lipinski definition) is 4. The molecule has 0 bridgehead atoms. The highest BCUT2D eigenvalue weighted by Crippen LogP contribution is 2.42. The second-order valence-corrected chi connectivity index (χ2v) is 8.60. The first-order valence-corrected chi connectivity index (χ1v) is 10.3. The molecular weight excluding hydrogens is 364 g/mol. The van der Waals surface area contributed by atoms with Gasteiger partial charge in [0, 0.05) is 13.0 Å². The fraction of sp³-hybridized carbons (Fsp3) is 0.350. The summed E-state index contributed by atoms with van der Waals surface area (Å²) >= 11 is 0. The van der Waals surface area contributed by atoms with E-state index in [1.165, 1.54) is 32.2 Å². The molecule has 0 spiro atoms. The van der Waals surface area contributed by atoms with E-state index in [1.807, 2.05) is 31.2 Å². The van der Waals surface area contributed by atoms with Crippen molar-refractivity contribution in [3.63, 3.8) is 0 Å². The van der Waals surface area contributed by atoms with Crippen LogP contribution in [0.1, 0.15) is 36.9 Å². The highest BCUT2D eigenvalue weighted by atomic mass is 32.2. The Labute approximate surface area is 160 Å². The standard InChI is InChI=1S/C20H24N2O4S/c1-13-4-6-15(7-5-13)20(16-8-9-16)22-27(24,25)17-10-11-19(26-3)18(12-17)21-14(2)23/h4-7,10-12,16,20,22H,8-9H2,1-3H3,(H,21,23)/t20-/m0/s1. The predicted octanol–water partition coefficient (Wildman–Crippen LogP) is 3.39. The number of aryl methyl sites for hydroxylation is 1. The summed E-state index contributed by atoms with van der Waals surface area (Å²) in [6.07, 6.45) is 2.00. The molecule has 1 amide bonds. The number of ether oxygens (including phenoxy) is 1. The molecule has 1 aliphatic carbocycles. The number of methoxy groups -OCH3 is 1. The molecule has 2 N–H and O–H groups in total. The van der Waals surface area contributed by atoms with E-state index in [0.29, 0.717) is 17.4 Å². The van der Waals surface area contributed by atoms with Crippen molar-refractivity contribution in [2.45, 2.75) is 37.6 Å². The van der Waals surface area contributed by atoms with Crippen LogP contribution in [-0.2, 0) is 14.8 Å². The lowest BCUT2D eigenvalue weighted by molar-refractivity contribution is -0.114. The molecule has 0 aromatic heterocycles. The number of sulfonamides is 1. The Balaban J connectivity index is 1.90. The van der Waals surface area contributed by atoms with Gasteiger partial charge in [-0.2, -0.15) is 0 Å². The number of rotatable bonds is 7. The SMILES string of the molecule is COc1ccc(S(=O)(=O)N[C@@H](c2ccc(C)cc2)C2CC2)cc1NC(C)=O. The van der Waals surface area contributed by atoms with Crippen molar-refractivity contribution in [3.05, 3.63) is 53.6 Å². The molecule has 2 aromatic rings. The Kier molecular flexibility index (Phi) is 5.53. The number of benzene rings is 2. The zero-order chi connectivity index (χ0) is 19.6. The Morgan fingerprint density at radius 2 is 1.81 bits per heavy atom. The largest absolute Gasteiger partial charge is 0.495 e. The van der Waals surface area contributed by atoms with Crippen LogP contribution in [0.5, 0.6) is 5.75 Å². The fourth-order valence-corrected chi connectivity index (χ4v) is 4.34. The maximum atomic E-state index is 13.0. The first-order chi connectivity index (χ1) is 12.8. The summed E-state index contributed by atoms with van der Waals surface area (Å²) in [5, 5.41) is 2.61. The second-order valence-electron chi connectivity index (χ2n) is 6.89. The van der Waals surface area contributed by atoms with Crippen molar-refractivity contribution in [2.24, 2.45) is 5.92 Å². The van der Waals surface area contributed by atoms with Gasteiger partial charge in [-0.15, -0.1) is 0 Å². The minimum absolute atomic E-state index is 0.0878. The van der Waals surface area contributed by atoms with Crippen molar-refractivity contribution in [3.8, 4) is 5.75 Å². The lowest BCUT2D eigenvalue weighted by atomic mass is 10.0. The molecule has 1 fully saturated rings. The Bertz CT molecular complexity index is 935. The summed E-state index contributed by atoms with van der Waals surface area (Å²) < 4.78 is 34.0. The van der Waals surface area contributed by atoms with E-state index in [9.17, 15) is 13.2 Å². The van der Waals surface area contributed by atoms with E-state index in [0.717, 1.165) is 24.0 Å². The summed E-state index contributed by atoms with van der Waals surface area (Å²) in [4.78, 5) is 11.5. The predicted molar refractivity (Wildman–Crippen MR) is 104 cm³/mol. The molecule has 0 radical (unpaired) electrons. The summed E-state index contributed by atoms with van der Waals surface area (Å²) in [6, 6.07) is 12.1. The minimum atomic E-state index is -3.76. The molecule has 0 heterocycles. The van der Waals surface area contributed by atoms with Crippen molar-refractivity contribution >= 4 is 21.6 Å². The van der Waals surface area contributed by atoms with Crippen LogP contribution in [0.15, 0.2) is 47.4 Å². The van der Waals surface area contributed by atoms with E-state index < -0.39 is 10.0 Å². The number of amides is 1. The van der Waals surface area contributed by atoms with Gasteiger partial charge in [-0.05, 0) is 49.4 Å². The van der Waals surface area contributed by atoms with Crippen LogP contribution >= 0.6 is 0 Å². The highest BCUT2D eigenvalue weighted by molar-refractivity contribution is 7.89. The van der Waals surface area contributed by atoms with Gasteiger partial charge < -0.3 is 10.1 Å². The molecule has 1 aliphatic rings. The van der Waals surface area contributed by atoms with Gasteiger partial charge in [0.2, 0.25) is 15.9 Å². The quantitative estimate of drug-likeness (QED) is 0.761. The van der Waals surface area contributed by atoms with Crippen molar-refractivity contribution in [1.29, 1.82) is 0 Å². The van der Waals surface area contributed by atoms with Gasteiger partial charge in [0.05, 0.1) is 17.7 Å². The second kappa shape index (κ2) is 7.70. The van der Waals surface area contributed by atoms with Crippen LogP contribution < -0.4 is 14.8 Å². The first-order valence-electron chi connectivity index (χ1n) is 8.84.